The zero-order valence-corrected chi connectivity index (χ0v) is 11.0. The molecule has 0 amide bonds. The van der Waals surface area contributed by atoms with Gasteiger partial charge in [0, 0.05) is 12.6 Å². The van der Waals surface area contributed by atoms with E-state index < -0.39 is 4.92 Å². The Morgan fingerprint density at radius 1 is 1.50 bits per heavy atom. The van der Waals surface area contributed by atoms with Gasteiger partial charge >= 0.3 is 5.69 Å². The Labute approximate surface area is 111 Å². The van der Waals surface area contributed by atoms with Gasteiger partial charge in [-0.2, -0.15) is 0 Å². The van der Waals surface area contributed by atoms with Crippen LogP contribution in [-0.4, -0.2) is 16.5 Å². The molecule has 18 heavy (non-hydrogen) atoms. The molecule has 1 N–H and O–H groups in total. The van der Waals surface area contributed by atoms with E-state index in [0.717, 1.165) is 12.8 Å². The minimum atomic E-state index is -0.442. The maximum Gasteiger partial charge on any atom is 0.311 e. The number of pyridine rings is 1. The van der Waals surface area contributed by atoms with Gasteiger partial charge in [-0.1, -0.05) is 31.4 Å². The highest BCUT2D eigenvalue weighted by molar-refractivity contribution is 6.29. The monoisotopic (exact) mass is 269 g/mol. The molecule has 1 heterocycles. The number of hydrogen-bond donors (Lipinski definition) is 1. The lowest BCUT2D eigenvalue weighted by Gasteiger charge is -2.23. The normalized spacial score (nSPS) is 17.7. The van der Waals surface area contributed by atoms with Crippen molar-refractivity contribution in [3.63, 3.8) is 0 Å². The fourth-order valence-electron chi connectivity index (χ4n) is 2.41. The van der Waals surface area contributed by atoms with E-state index in [1.807, 2.05) is 0 Å². The summed E-state index contributed by atoms with van der Waals surface area (Å²) in [6.07, 6.45) is 4.75. The van der Waals surface area contributed by atoms with Crippen molar-refractivity contribution >= 4 is 23.1 Å². The average molecular weight is 270 g/mol. The summed E-state index contributed by atoms with van der Waals surface area (Å²) in [4.78, 5) is 14.4. The highest BCUT2D eigenvalue weighted by Gasteiger charge is 2.29. The number of hydrogen-bond acceptors (Lipinski definition) is 4. The Bertz CT molecular complexity index is 459. The number of aromatic nitrogens is 1. The maximum atomic E-state index is 10.9. The molecule has 1 aliphatic carbocycles. The predicted octanol–water partition coefficient (Wildman–Crippen LogP) is 3.64. The highest BCUT2D eigenvalue weighted by atomic mass is 35.5. The number of nitro groups is 1. The molecule has 0 aromatic carbocycles. The van der Waals surface area contributed by atoms with E-state index in [0.29, 0.717) is 6.54 Å². The molecule has 1 aromatic heterocycles. The zero-order chi connectivity index (χ0) is 13.2. The predicted molar refractivity (Wildman–Crippen MR) is 71.0 cm³/mol. The molecule has 1 aromatic rings. The van der Waals surface area contributed by atoms with Gasteiger partial charge in [0.15, 0.2) is 0 Å². The van der Waals surface area contributed by atoms with E-state index >= 15 is 0 Å². The SMILES string of the molecule is CC1(CNc2nc(Cl)ccc2[N+](=O)[O-])CCCC1. The second-order valence-corrected chi connectivity index (χ2v) is 5.52. The molecule has 1 saturated carbocycles. The van der Waals surface area contributed by atoms with Gasteiger partial charge in [-0.3, -0.25) is 10.1 Å². The molecule has 0 radical (unpaired) electrons. The first-order valence-electron chi connectivity index (χ1n) is 6.05. The van der Waals surface area contributed by atoms with Crippen LogP contribution in [0.4, 0.5) is 11.5 Å². The number of nitrogens with zero attached hydrogens (tertiary/aromatic N) is 2. The molecular weight excluding hydrogens is 254 g/mol. The van der Waals surface area contributed by atoms with Crippen LogP contribution in [0.1, 0.15) is 32.6 Å². The zero-order valence-electron chi connectivity index (χ0n) is 10.3. The summed E-state index contributed by atoms with van der Waals surface area (Å²) in [5.41, 5.74) is 0.179. The molecule has 6 heteroatoms. The van der Waals surface area contributed by atoms with E-state index in [2.05, 4.69) is 17.2 Å². The van der Waals surface area contributed by atoms with Gasteiger partial charge in [-0.25, -0.2) is 4.98 Å². The van der Waals surface area contributed by atoms with Crippen molar-refractivity contribution in [3.8, 4) is 0 Å². The Kier molecular flexibility index (Phi) is 3.71. The summed E-state index contributed by atoms with van der Waals surface area (Å²) in [5.74, 6) is 0.264. The van der Waals surface area contributed by atoms with E-state index in [4.69, 9.17) is 11.6 Å². The van der Waals surface area contributed by atoms with E-state index in [1.54, 1.807) is 0 Å². The summed E-state index contributed by atoms with van der Waals surface area (Å²) >= 11 is 5.78. The van der Waals surface area contributed by atoms with Crippen molar-refractivity contribution in [1.82, 2.24) is 4.98 Å². The second kappa shape index (κ2) is 5.10. The van der Waals surface area contributed by atoms with Gasteiger partial charge in [-0.15, -0.1) is 0 Å². The summed E-state index contributed by atoms with van der Waals surface area (Å²) in [6.45, 7) is 2.89. The molecule has 0 aliphatic heterocycles. The first-order valence-corrected chi connectivity index (χ1v) is 6.43. The van der Waals surface area contributed by atoms with Crippen LogP contribution in [-0.2, 0) is 0 Å². The van der Waals surface area contributed by atoms with Gasteiger partial charge in [0.2, 0.25) is 5.82 Å². The lowest BCUT2D eigenvalue weighted by atomic mass is 9.89. The average Bonchev–Trinajstić information content (AvgIpc) is 2.74. The van der Waals surface area contributed by atoms with Crippen LogP contribution in [0.25, 0.3) is 0 Å². The molecule has 0 atom stereocenters. The van der Waals surface area contributed by atoms with Crippen molar-refractivity contribution < 1.29 is 4.92 Å². The molecule has 98 valence electrons. The van der Waals surface area contributed by atoms with Crippen molar-refractivity contribution in [3.05, 3.63) is 27.4 Å². The third-order valence-corrected chi connectivity index (χ3v) is 3.74. The standard InChI is InChI=1S/C12H16ClN3O2/c1-12(6-2-3-7-12)8-14-11-9(16(17)18)4-5-10(13)15-11/h4-5H,2-3,6-8H2,1H3,(H,14,15). The van der Waals surface area contributed by atoms with Crippen LogP contribution in [0, 0.1) is 15.5 Å². The van der Waals surface area contributed by atoms with Crippen LogP contribution in [0.5, 0.6) is 0 Å². The van der Waals surface area contributed by atoms with E-state index in [-0.39, 0.29) is 22.1 Å². The first kappa shape index (κ1) is 13.1. The van der Waals surface area contributed by atoms with Gasteiger partial charge in [0.1, 0.15) is 5.15 Å². The quantitative estimate of drug-likeness (QED) is 0.515. The largest absolute Gasteiger partial charge is 0.364 e. The highest BCUT2D eigenvalue weighted by Crippen LogP contribution is 2.38. The third-order valence-electron chi connectivity index (χ3n) is 3.53. The second-order valence-electron chi connectivity index (χ2n) is 5.13. The molecule has 1 aliphatic rings. The molecule has 0 bridgehead atoms. The number of anilines is 1. The molecule has 0 spiro atoms. The fourth-order valence-corrected chi connectivity index (χ4v) is 2.56. The van der Waals surface area contributed by atoms with Crippen molar-refractivity contribution in [2.75, 3.05) is 11.9 Å². The van der Waals surface area contributed by atoms with Crippen LogP contribution in [0.3, 0.4) is 0 Å². The Hall–Kier alpha value is -1.36. The van der Waals surface area contributed by atoms with Gasteiger partial charge < -0.3 is 5.32 Å². The minimum Gasteiger partial charge on any atom is -0.364 e. The van der Waals surface area contributed by atoms with Crippen LogP contribution < -0.4 is 5.32 Å². The first-order chi connectivity index (χ1) is 8.50. The summed E-state index contributed by atoms with van der Waals surface area (Å²) in [5, 5.41) is 14.2. The van der Waals surface area contributed by atoms with Crippen LogP contribution in [0.2, 0.25) is 5.15 Å². The van der Waals surface area contributed by atoms with Crippen molar-refractivity contribution in [2.24, 2.45) is 5.41 Å². The molecule has 1 fully saturated rings. The minimum absolute atomic E-state index is 0.0269. The van der Waals surface area contributed by atoms with Gasteiger partial charge in [0.25, 0.3) is 0 Å². The smallest absolute Gasteiger partial charge is 0.311 e. The Balaban J connectivity index is 2.12. The number of halogens is 1. The lowest BCUT2D eigenvalue weighted by Crippen LogP contribution is -2.23. The van der Waals surface area contributed by atoms with Crippen molar-refractivity contribution in [2.45, 2.75) is 32.6 Å². The molecular formula is C12H16ClN3O2. The molecule has 0 unspecified atom stereocenters. The van der Waals surface area contributed by atoms with Crippen molar-refractivity contribution in [1.29, 1.82) is 0 Å². The molecule has 5 nitrogen and oxygen atoms in total. The maximum absolute atomic E-state index is 10.9. The topological polar surface area (TPSA) is 68.1 Å². The van der Waals surface area contributed by atoms with E-state index in [9.17, 15) is 10.1 Å². The Morgan fingerprint density at radius 3 is 2.78 bits per heavy atom. The van der Waals surface area contributed by atoms with Crippen LogP contribution >= 0.6 is 11.6 Å². The van der Waals surface area contributed by atoms with Gasteiger partial charge in [0.05, 0.1) is 4.92 Å². The number of nitrogens with one attached hydrogen (secondary N) is 1. The lowest BCUT2D eigenvalue weighted by molar-refractivity contribution is -0.384. The summed E-state index contributed by atoms with van der Waals surface area (Å²) in [6, 6.07) is 2.82. The molecule has 2 rings (SSSR count). The third kappa shape index (κ3) is 2.90. The van der Waals surface area contributed by atoms with E-state index in [1.165, 1.54) is 25.0 Å². The summed E-state index contributed by atoms with van der Waals surface area (Å²) in [7, 11) is 0. The number of rotatable bonds is 4. The van der Waals surface area contributed by atoms with Gasteiger partial charge in [-0.05, 0) is 24.3 Å². The summed E-state index contributed by atoms with van der Waals surface area (Å²) < 4.78 is 0. The molecule has 0 saturated heterocycles. The fraction of sp³-hybridized carbons (Fsp3) is 0.583. The van der Waals surface area contributed by atoms with Crippen LogP contribution in [0.15, 0.2) is 12.1 Å². The Morgan fingerprint density at radius 2 is 2.17 bits per heavy atom.